The normalized spacial score (nSPS) is 10.4. The molecule has 0 fully saturated rings. The minimum absolute atomic E-state index is 0.496. The van der Waals surface area contributed by atoms with Gasteiger partial charge in [-0.1, -0.05) is 24.2 Å². The molecule has 2 aromatic heterocycles. The van der Waals surface area contributed by atoms with E-state index in [2.05, 4.69) is 11.6 Å². The highest BCUT2D eigenvalue weighted by Crippen LogP contribution is 2.17. The molecule has 2 nitrogen and oxygen atoms in total. The summed E-state index contributed by atoms with van der Waals surface area (Å²) in [4.78, 5) is 4.14. The Morgan fingerprint density at radius 2 is 2.33 bits per heavy atom. The maximum Gasteiger partial charge on any atom is 0.155 e. The summed E-state index contributed by atoms with van der Waals surface area (Å²) in [6.45, 7) is 3.67. The second-order valence-electron chi connectivity index (χ2n) is 2.42. The molecular weight excluding hydrogens is 172 g/mol. The summed E-state index contributed by atoms with van der Waals surface area (Å²) in [5.41, 5.74) is 1.68. The summed E-state index contributed by atoms with van der Waals surface area (Å²) in [5.74, 6) is 0. The molecule has 0 N–H and O–H groups in total. The average molecular weight is 179 g/mol. The molecule has 2 rings (SSSR count). The van der Waals surface area contributed by atoms with E-state index in [0.29, 0.717) is 5.15 Å². The highest BCUT2D eigenvalue weighted by molar-refractivity contribution is 6.31. The third-order valence-corrected chi connectivity index (χ3v) is 1.99. The van der Waals surface area contributed by atoms with Crippen molar-refractivity contribution in [3.05, 3.63) is 41.8 Å². The maximum absolute atomic E-state index is 5.86. The van der Waals surface area contributed by atoms with Gasteiger partial charge in [-0.05, 0) is 18.2 Å². The lowest BCUT2D eigenvalue weighted by molar-refractivity contribution is 1.17. The van der Waals surface area contributed by atoms with Crippen molar-refractivity contribution in [3.63, 3.8) is 0 Å². The average Bonchev–Trinajstić information content (AvgIpc) is 2.40. The molecular formula is C9H7ClN2. The first-order chi connectivity index (χ1) is 5.83. The third kappa shape index (κ3) is 0.924. The van der Waals surface area contributed by atoms with Gasteiger partial charge in [0.25, 0.3) is 0 Å². The van der Waals surface area contributed by atoms with Crippen molar-refractivity contribution in [2.75, 3.05) is 0 Å². The molecule has 0 radical (unpaired) electrons. The van der Waals surface area contributed by atoms with Crippen LogP contribution in [0.5, 0.6) is 0 Å². The zero-order chi connectivity index (χ0) is 8.55. The van der Waals surface area contributed by atoms with Crippen LogP contribution in [-0.4, -0.2) is 9.38 Å². The molecule has 0 aliphatic heterocycles. The largest absolute Gasteiger partial charge is 0.299 e. The van der Waals surface area contributed by atoms with Gasteiger partial charge in [0, 0.05) is 6.20 Å². The number of aromatic nitrogens is 2. The van der Waals surface area contributed by atoms with E-state index in [9.17, 15) is 0 Å². The molecule has 3 heteroatoms. The highest BCUT2D eigenvalue weighted by atomic mass is 35.5. The predicted octanol–water partition coefficient (Wildman–Crippen LogP) is 2.63. The lowest BCUT2D eigenvalue weighted by Gasteiger charge is -1.93. The molecule has 0 amide bonds. The van der Waals surface area contributed by atoms with E-state index >= 15 is 0 Å². The standard InChI is InChI=1S/C9H7ClN2/c1-2-7-9(10)11-8-5-3-4-6-12(7)8/h2-6H,1H2. The third-order valence-electron chi connectivity index (χ3n) is 1.72. The lowest BCUT2D eigenvalue weighted by Crippen LogP contribution is -1.84. The first-order valence-electron chi connectivity index (χ1n) is 3.58. The molecule has 0 atom stereocenters. The van der Waals surface area contributed by atoms with Crippen LogP contribution in [0.25, 0.3) is 11.7 Å². The molecule has 0 bridgehead atoms. The highest BCUT2D eigenvalue weighted by Gasteiger charge is 2.04. The molecule has 12 heavy (non-hydrogen) atoms. The van der Waals surface area contributed by atoms with Crippen LogP contribution >= 0.6 is 11.6 Å². The van der Waals surface area contributed by atoms with Crippen LogP contribution in [0.3, 0.4) is 0 Å². The minimum atomic E-state index is 0.496. The Morgan fingerprint density at radius 3 is 3.08 bits per heavy atom. The van der Waals surface area contributed by atoms with Gasteiger partial charge in [0.2, 0.25) is 0 Å². The first-order valence-corrected chi connectivity index (χ1v) is 3.96. The van der Waals surface area contributed by atoms with Gasteiger partial charge in [-0.15, -0.1) is 0 Å². The Labute approximate surface area is 75.1 Å². The van der Waals surface area contributed by atoms with Crippen LogP contribution in [0.4, 0.5) is 0 Å². The molecule has 2 aromatic rings. The van der Waals surface area contributed by atoms with Gasteiger partial charge in [-0.2, -0.15) is 0 Å². The van der Waals surface area contributed by atoms with Gasteiger partial charge in [0.15, 0.2) is 5.15 Å². The van der Waals surface area contributed by atoms with Crippen LogP contribution < -0.4 is 0 Å². The van der Waals surface area contributed by atoms with Crippen molar-refractivity contribution in [1.82, 2.24) is 9.38 Å². The van der Waals surface area contributed by atoms with E-state index < -0.39 is 0 Å². The van der Waals surface area contributed by atoms with Crippen molar-refractivity contribution in [3.8, 4) is 0 Å². The smallest absolute Gasteiger partial charge is 0.155 e. The topological polar surface area (TPSA) is 17.3 Å². The van der Waals surface area contributed by atoms with Crippen molar-refractivity contribution in [2.45, 2.75) is 0 Å². The number of rotatable bonds is 1. The molecule has 0 saturated carbocycles. The summed E-state index contributed by atoms with van der Waals surface area (Å²) in [7, 11) is 0. The van der Waals surface area contributed by atoms with Crippen LogP contribution in [-0.2, 0) is 0 Å². The zero-order valence-corrected chi connectivity index (χ0v) is 7.12. The number of hydrogen-bond acceptors (Lipinski definition) is 1. The van der Waals surface area contributed by atoms with Gasteiger partial charge < -0.3 is 0 Å². The van der Waals surface area contributed by atoms with Gasteiger partial charge in [0.05, 0.1) is 5.69 Å². The van der Waals surface area contributed by atoms with Crippen LogP contribution in [0.2, 0.25) is 5.15 Å². The summed E-state index contributed by atoms with van der Waals surface area (Å²) >= 11 is 5.86. The van der Waals surface area contributed by atoms with Crippen molar-refractivity contribution >= 4 is 23.3 Å². The fourth-order valence-corrected chi connectivity index (χ4v) is 1.42. The number of fused-ring (bicyclic) bond motifs is 1. The van der Waals surface area contributed by atoms with E-state index in [-0.39, 0.29) is 0 Å². The van der Waals surface area contributed by atoms with Crippen LogP contribution in [0.15, 0.2) is 31.0 Å². The van der Waals surface area contributed by atoms with Gasteiger partial charge in [-0.25, -0.2) is 4.98 Å². The summed E-state index contributed by atoms with van der Waals surface area (Å²) < 4.78 is 1.90. The Bertz CT molecular complexity index is 431. The van der Waals surface area contributed by atoms with Crippen molar-refractivity contribution < 1.29 is 0 Å². The maximum atomic E-state index is 5.86. The Kier molecular flexibility index (Phi) is 1.62. The van der Waals surface area contributed by atoms with Gasteiger partial charge in [0.1, 0.15) is 5.65 Å². The predicted molar refractivity (Wildman–Crippen MR) is 50.3 cm³/mol. The fourth-order valence-electron chi connectivity index (χ4n) is 1.17. The van der Waals surface area contributed by atoms with E-state index in [1.807, 2.05) is 28.8 Å². The Morgan fingerprint density at radius 1 is 1.50 bits per heavy atom. The van der Waals surface area contributed by atoms with Crippen LogP contribution in [0.1, 0.15) is 5.69 Å². The molecule has 0 unspecified atom stereocenters. The monoisotopic (exact) mass is 178 g/mol. The molecule has 60 valence electrons. The quantitative estimate of drug-likeness (QED) is 0.656. The lowest BCUT2D eigenvalue weighted by atomic mass is 10.4. The number of nitrogens with zero attached hydrogens (tertiary/aromatic N) is 2. The fraction of sp³-hybridized carbons (Fsp3) is 0. The SMILES string of the molecule is C=Cc1c(Cl)nc2ccccn12. The second-order valence-corrected chi connectivity index (χ2v) is 2.78. The molecule has 0 aromatic carbocycles. The molecule has 2 heterocycles. The number of hydrogen-bond donors (Lipinski definition) is 0. The minimum Gasteiger partial charge on any atom is -0.299 e. The van der Waals surface area contributed by atoms with E-state index in [1.54, 1.807) is 6.08 Å². The Hall–Kier alpha value is -1.28. The van der Waals surface area contributed by atoms with Gasteiger partial charge >= 0.3 is 0 Å². The van der Waals surface area contributed by atoms with E-state index in [1.165, 1.54) is 0 Å². The molecule has 0 aliphatic rings. The van der Waals surface area contributed by atoms with Crippen molar-refractivity contribution in [2.24, 2.45) is 0 Å². The zero-order valence-electron chi connectivity index (χ0n) is 6.37. The van der Waals surface area contributed by atoms with Gasteiger partial charge in [-0.3, -0.25) is 4.40 Å². The van der Waals surface area contributed by atoms with Crippen molar-refractivity contribution in [1.29, 1.82) is 0 Å². The number of pyridine rings is 1. The Balaban J connectivity index is 2.90. The second kappa shape index (κ2) is 2.64. The molecule has 0 aliphatic carbocycles. The number of imidazole rings is 1. The first kappa shape index (κ1) is 7.37. The molecule has 0 spiro atoms. The van der Waals surface area contributed by atoms with E-state index in [0.717, 1.165) is 11.3 Å². The summed E-state index contributed by atoms with van der Waals surface area (Å²) in [5, 5.41) is 0.496. The summed E-state index contributed by atoms with van der Waals surface area (Å²) in [6, 6.07) is 5.75. The summed E-state index contributed by atoms with van der Waals surface area (Å²) in [6.07, 6.45) is 3.60. The van der Waals surface area contributed by atoms with E-state index in [4.69, 9.17) is 11.6 Å². The van der Waals surface area contributed by atoms with Crippen LogP contribution in [0, 0.1) is 0 Å². The number of halogens is 1. The molecule has 0 saturated heterocycles.